The number of nitrogens with one attached hydrogen (secondary N) is 1. The van der Waals surface area contributed by atoms with Gasteiger partial charge in [-0.1, -0.05) is 31.5 Å². The van der Waals surface area contributed by atoms with Crippen LogP contribution in [0.25, 0.3) is 0 Å². The van der Waals surface area contributed by atoms with Gasteiger partial charge in [0.2, 0.25) is 15.9 Å². The van der Waals surface area contributed by atoms with E-state index in [0.717, 1.165) is 17.0 Å². The standard InChI is InChI=1S/C15H23ClN2O3S/c1-5-11(3)17-15(19)14(6-2)18(22(4,20)21)13-9-7-8-12(16)10-13/h7-11,14H,5-6H2,1-4H3,(H,17,19)/t11-,14-/m0/s1. The van der Waals surface area contributed by atoms with Crippen LogP contribution in [0.2, 0.25) is 5.02 Å². The highest BCUT2D eigenvalue weighted by Gasteiger charge is 2.31. The normalized spacial score (nSPS) is 14.2. The molecule has 0 radical (unpaired) electrons. The van der Waals surface area contributed by atoms with E-state index >= 15 is 0 Å². The van der Waals surface area contributed by atoms with Gasteiger partial charge in [0.15, 0.2) is 0 Å². The summed E-state index contributed by atoms with van der Waals surface area (Å²) in [5, 5.41) is 3.26. The lowest BCUT2D eigenvalue weighted by molar-refractivity contribution is -0.122. The molecular weight excluding hydrogens is 324 g/mol. The van der Waals surface area contributed by atoms with Gasteiger partial charge in [0.25, 0.3) is 0 Å². The quantitative estimate of drug-likeness (QED) is 0.825. The molecule has 0 saturated heterocycles. The second-order valence-corrected chi connectivity index (χ2v) is 7.58. The van der Waals surface area contributed by atoms with Gasteiger partial charge in [-0.15, -0.1) is 0 Å². The van der Waals surface area contributed by atoms with E-state index in [1.807, 2.05) is 13.8 Å². The Labute approximate surface area is 137 Å². The van der Waals surface area contributed by atoms with Crippen molar-refractivity contribution in [1.29, 1.82) is 0 Å². The van der Waals surface area contributed by atoms with E-state index in [1.54, 1.807) is 31.2 Å². The minimum absolute atomic E-state index is 0.0117. The molecule has 0 aliphatic rings. The van der Waals surface area contributed by atoms with Gasteiger partial charge in [-0.3, -0.25) is 9.10 Å². The Kier molecular flexibility index (Phi) is 6.68. The highest BCUT2D eigenvalue weighted by molar-refractivity contribution is 7.92. The molecule has 0 aliphatic carbocycles. The van der Waals surface area contributed by atoms with Crippen molar-refractivity contribution >= 4 is 33.2 Å². The minimum Gasteiger partial charge on any atom is -0.352 e. The van der Waals surface area contributed by atoms with Crippen molar-refractivity contribution in [2.45, 2.75) is 45.7 Å². The molecule has 0 unspecified atom stereocenters. The number of carbonyl (C=O) groups excluding carboxylic acids is 1. The highest BCUT2D eigenvalue weighted by atomic mass is 35.5. The lowest BCUT2D eigenvalue weighted by atomic mass is 10.1. The number of carbonyl (C=O) groups is 1. The van der Waals surface area contributed by atoms with Gasteiger partial charge >= 0.3 is 0 Å². The average molecular weight is 347 g/mol. The molecule has 0 bridgehead atoms. The van der Waals surface area contributed by atoms with Gasteiger partial charge in [-0.05, 0) is 38.0 Å². The number of anilines is 1. The second kappa shape index (κ2) is 7.83. The first kappa shape index (κ1) is 18.8. The largest absolute Gasteiger partial charge is 0.352 e. The number of nitrogens with zero attached hydrogens (tertiary/aromatic N) is 1. The summed E-state index contributed by atoms with van der Waals surface area (Å²) in [4.78, 5) is 12.4. The molecule has 0 aliphatic heterocycles. The van der Waals surface area contributed by atoms with Crippen molar-refractivity contribution in [1.82, 2.24) is 5.32 Å². The zero-order valence-corrected chi connectivity index (χ0v) is 14.9. The van der Waals surface area contributed by atoms with Crippen molar-refractivity contribution in [3.05, 3.63) is 29.3 Å². The number of benzene rings is 1. The van der Waals surface area contributed by atoms with Crippen LogP contribution in [0.1, 0.15) is 33.6 Å². The first-order valence-corrected chi connectivity index (χ1v) is 9.48. The third-order valence-electron chi connectivity index (χ3n) is 3.39. The van der Waals surface area contributed by atoms with Crippen LogP contribution in [0.3, 0.4) is 0 Å². The van der Waals surface area contributed by atoms with E-state index in [4.69, 9.17) is 11.6 Å². The number of rotatable bonds is 7. The summed E-state index contributed by atoms with van der Waals surface area (Å²) >= 11 is 5.95. The summed E-state index contributed by atoms with van der Waals surface area (Å²) in [5.41, 5.74) is 0.390. The number of halogens is 1. The van der Waals surface area contributed by atoms with Crippen LogP contribution in [-0.2, 0) is 14.8 Å². The predicted molar refractivity (Wildman–Crippen MR) is 90.7 cm³/mol. The van der Waals surface area contributed by atoms with Crippen LogP contribution in [-0.4, -0.2) is 32.7 Å². The Bertz CT molecular complexity index is 619. The third-order valence-corrected chi connectivity index (χ3v) is 4.81. The summed E-state index contributed by atoms with van der Waals surface area (Å²) in [6.07, 6.45) is 2.23. The Balaban J connectivity index is 3.23. The second-order valence-electron chi connectivity index (χ2n) is 5.28. The third kappa shape index (κ3) is 4.88. The molecule has 5 nitrogen and oxygen atoms in total. The fourth-order valence-electron chi connectivity index (χ4n) is 2.11. The molecule has 1 rings (SSSR count). The zero-order chi connectivity index (χ0) is 16.9. The molecule has 0 aromatic heterocycles. The Hall–Kier alpha value is -1.27. The van der Waals surface area contributed by atoms with Gasteiger partial charge in [0.1, 0.15) is 6.04 Å². The van der Waals surface area contributed by atoms with E-state index in [0.29, 0.717) is 17.1 Å². The Morgan fingerprint density at radius 3 is 2.41 bits per heavy atom. The average Bonchev–Trinajstić information content (AvgIpc) is 2.42. The van der Waals surface area contributed by atoms with Crippen molar-refractivity contribution < 1.29 is 13.2 Å². The van der Waals surface area contributed by atoms with Crippen molar-refractivity contribution in [3.63, 3.8) is 0 Å². The molecule has 0 heterocycles. The highest BCUT2D eigenvalue weighted by Crippen LogP contribution is 2.25. The van der Waals surface area contributed by atoms with Gasteiger partial charge in [-0.2, -0.15) is 0 Å². The van der Waals surface area contributed by atoms with Crippen LogP contribution in [0.15, 0.2) is 24.3 Å². The number of hydrogen-bond acceptors (Lipinski definition) is 3. The molecule has 2 atom stereocenters. The first-order chi connectivity index (χ1) is 10.2. The topological polar surface area (TPSA) is 66.5 Å². The van der Waals surface area contributed by atoms with E-state index in [-0.39, 0.29) is 11.9 Å². The lowest BCUT2D eigenvalue weighted by Crippen LogP contribution is -2.51. The number of hydrogen-bond donors (Lipinski definition) is 1. The zero-order valence-electron chi connectivity index (χ0n) is 13.3. The molecular formula is C15H23ClN2O3S. The fraction of sp³-hybridized carbons (Fsp3) is 0.533. The van der Waals surface area contributed by atoms with Crippen molar-refractivity contribution in [2.24, 2.45) is 0 Å². The monoisotopic (exact) mass is 346 g/mol. The Morgan fingerprint density at radius 1 is 1.32 bits per heavy atom. The molecule has 124 valence electrons. The summed E-state index contributed by atoms with van der Waals surface area (Å²) < 4.78 is 25.5. The van der Waals surface area contributed by atoms with Gasteiger partial charge in [-0.25, -0.2) is 8.42 Å². The van der Waals surface area contributed by atoms with E-state index in [2.05, 4.69) is 5.32 Å². The minimum atomic E-state index is -3.62. The van der Waals surface area contributed by atoms with Crippen LogP contribution in [0.5, 0.6) is 0 Å². The maximum atomic E-state index is 12.4. The first-order valence-electron chi connectivity index (χ1n) is 7.26. The number of sulfonamides is 1. The molecule has 7 heteroatoms. The molecule has 0 fully saturated rings. The van der Waals surface area contributed by atoms with Crippen LogP contribution in [0, 0.1) is 0 Å². The molecule has 0 saturated carbocycles. The van der Waals surface area contributed by atoms with Gasteiger partial charge in [0, 0.05) is 11.1 Å². The maximum absolute atomic E-state index is 12.4. The molecule has 1 aromatic rings. The summed E-state index contributed by atoms with van der Waals surface area (Å²) in [6.45, 7) is 5.62. The maximum Gasteiger partial charge on any atom is 0.244 e. The fourth-order valence-corrected chi connectivity index (χ4v) is 3.50. The lowest BCUT2D eigenvalue weighted by Gasteiger charge is -2.31. The van der Waals surface area contributed by atoms with E-state index < -0.39 is 16.1 Å². The van der Waals surface area contributed by atoms with Crippen LogP contribution in [0.4, 0.5) is 5.69 Å². The van der Waals surface area contributed by atoms with E-state index in [1.165, 1.54) is 0 Å². The SMILES string of the molecule is CC[C@H](C)NC(=O)[C@H](CC)N(c1cccc(Cl)c1)S(C)(=O)=O. The van der Waals surface area contributed by atoms with Crippen molar-refractivity contribution in [2.75, 3.05) is 10.6 Å². The summed E-state index contributed by atoms with van der Waals surface area (Å²) in [5.74, 6) is -0.303. The van der Waals surface area contributed by atoms with Crippen molar-refractivity contribution in [3.8, 4) is 0 Å². The van der Waals surface area contributed by atoms with Gasteiger partial charge < -0.3 is 5.32 Å². The van der Waals surface area contributed by atoms with E-state index in [9.17, 15) is 13.2 Å². The van der Waals surface area contributed by atoms with Gasteiger partial charge in [0.05, 0.1) is 11.9 Å². The summed E-state index contributed by atoms with van der Waals surface area (Å²) in [7, 11) is -3.62. The van der Waals surface area contributed by atoms with Crippen LogP contribution >= 0.6 is 11.6 Å². The molecule has 0 spiro atoms. The molecule has 1 N–H and O–H groups in total. The smallest absolute Gasteiger partial charge is 0.244 e. The summed E-state index contributed by atoms with van der Waals surface area (Å²) in [6, 6.07) is 5.68. The molecule has 1 amide bonds. The van der Waals surface area contributed by atoms with Crippen LogP contribution < -0.4 is 9.62 Å². The molecule has 22 heavy (non-hydrogen) atoms. The predicted octanol–water partition coefficient (Wildman–Crippen LogP) is 2.80. The molecule has 1 aromatic carbocycles. The number of amides is 1. The Morgan fingerprint density at radius 2 is 1.95 bits per heavy atom.